The SMILES string of the molecule is CC(=Cc1cccc(Cl)c1)CNC(C)(C)C. The van der Waals surface area contributed by atoms with Crippen LogP contribution >= 0.6 is 11.6 Å². The number of nitrogens with one attached hydrogen (secondary N) is 1. The van der Waals surface area contributed by atoms with Gasteiger partial charge < -0.3 is 5.32 Å². The van der Waals surface area contributed by atoms with Crippen molar-refractivity contribution in [3.05, 3.63) is 40.4 Å². The van der Waals surface area contributed by atoms with E-state index >= 15 is 0 Å². The monoisotopic (exact) mass is 237 g/mol. The molecular weight excluding hydrogens is 218 g/mol. The van der Waals surface area contributed by atoms with Crippen LogP contribution in [-0.2, 0) is 0 Å². The van der Waals surface area contributed by atoms with Gasteiger partial charge in [-0.25, -0.2) is 0 Å². The highest BCUT2D eigenvalue weighted by Crippen LogP contribution is 2.13. The smallest absolute Gasteiger partial charge is 0.0411 e. The summed E-state index contributed by atoms with van der Waals surface area (Å²) < 4.78 is 0. The van der Waals surface area contributed by atoms with Gasteiger partial charge in [0.2, 0.25) is 0 Å². The van der Waals surface area contributed by atoms with Gasteiger partial charge in [0, 0.05) is 17.1 Å². The molecule has 0 unspecified atom stereocenters. The number of hydrogen-bond donors (Lipinski definition) is 1. The van der Waals surface area contributed by atoms with Crippen LogP contribution in [0.25, 0.3) is 6.08 Å². The Kier molecular flexibility index (Phi) is 4.57. The Labute approximate surface area is 104 Å². The molecule has 0 aliphatic rings. The maximum Gasteiger partial charge on any atom is 0.0411 e. The number of hydrogen-bond acceptors (Lipinski definition) is 1. The Bertz CT molecular complexity index is 375. The van der Waals surface area contributed by atoms with Crippen molar-refractivity contribution in [1.82, 2.24) is 5.32 Å². The molecule has 0 aliphatic carbocycles. The molecule has 0 spiro atoms. The van der Waals surface area contributed by atoms with Crippen LogP contribution in [0.15, 0.2) is 29.8 Å². The molecule has 16 heavy (non-hydrogen) atoms. The third kappa shape index (κ3) is 5.34. The van der Waals surface area contributed by atoms with Crippen molar-refractivity contribution >= 4 is 17.7 Å². The molecule has 2 heteroatoms. The van der Waals surface area contributed by atoms with E-state index in [9.17, 15) is 0 Å². The molecule has 0 fully saturated rings. The largest absolute Gasteiger partial charge is 0.308 e. The van der Waals surface area contributed by atoms with Crippen LogP contribution in [0.3, 0.4) is 0 Å². The van der Waals surface area contributed by atoms with Crippen molar-refractivity contribution in [2.75, 3.05) is 6.54 Å². The van der Waals surface area contributed by atoms with Gasteiger partial charge in [0.1, 0.15) is 0 Å². The Balaban J connectivity index is 2.63. The third-order valence-electron chi connectivity index (χ3n) is 2.16. The lowest BCUT2D eigenvalue weighted by atomic mass is 10.1. The zero-order chi connectivity index (χ0) is 12.2. The molecule has 0 saturated carbocycles. The molecule has 0 radical (unpaired) electrons. The van der Waals surface area contributed by atoms with Crippen LogP contribution in [0.5, 0.6) is 0 Å². The molecule has 88 valence electrons. The molecule has 0 aromatic heterocycles. The Morgan fingerprint density at radius 2 is 2.06 bits per heavy atom. The lowest BCUT2D eigenvalue weighted by Crippen LogP contribution is -2.36. The van der Waals surface area contributed by atoms with Gasteiger partial charge in [-0.3, -0.25) is 0 Å². The van der Waals surface area contributed by atoms with Crippen LogP contribution in [0.2, 0.25) is 5.02 Å². The highest BCUT2D eigenvalue weighted by atomic mass is 35.5. The van der Waals surface area contributed by atoms with Crippen LogP contribution in [0, 0.1) is 0 Å². The zero-order valence-electron chi connectivity index (χ0n) is 10.5. The molecule has 0 bridgehead atoms. The molecule has 1 aromatic rings. The number of benzene rings is 1. The van der Waals surface area contributed by atoms with Gasteiger partial charge in [-0.05, 0) is 45.4 Å². The first-order valence-electron chi connectivity index (χ1n) is 5.54. The first kappa shape index (κ1) is 13.3. The van der Waals surface area contributed by atoms with Gasteiger partial charge in [-0.1, -0.05) is 35.4 Å². The summed E-state index contributed by atoms with van der Waals surface area (Å²) in [5.41, 5.74) is 2.61. The minimum absolute atomic E-state index is 0.156. The van der Waals surface area contributed by atoms with Crippen molar-refractivity contribution in [3.8, 4) is 0 Å². The van der Waals surface area contributed by atoms with E-state index in [2.05, 4.69) is 45.2 Å². The molecule has 1 nitrogen and oxygen atoms in total. The van der Waals surface area contributed by atoms with E-state index in [1.807, 2.05) is 18.2 Å². The highest BCUT2D eigenvalue weighted by molar-refractivity contribution is 6.30. The van der Waals surface area contributed by atoms with Crippen LogP contribution < -0.4 is 5.32 Å². The summed E-state index contributed by atoms with van der Waals surface area (Å²) in [5.74, 6) is 0. The maximum absolute atomic E-state index is 5.93. The second-order valence-electron chi connectivity index (χ2n) is 5.15. The molecule has 1 N–H and O–H groups in total. The van der Waals surface area contributed by atoms with Gasteiger partial charge in [-0.15, -0.1) is 0 Å². The van der Waals surface area contributed by atoms with Crippen molar-refractivity contribution < 1.29 is 0 Å². The van der Waals surface area contributed by atoms with E-state index in [-0.39, 0.29) is 5.54 Å². The predicted molar refractivity (Wildman–Crippen MR) is 72.9 cm³/mol. The first-order valence-corrected chi connectivity index (χ1v) is 5.92. The highest BCUT2D eigenvalue weighted by Gasteiger charge is 2.07. The van der Waals surface area contributed by atoms with Gasteiger partial charge in [0.05, 0.1) is 0 Å². The Morgan fingerprint density at radius 1 is 1.38 bits per heavy atom. The van der Waals surface area contributed by atoms with E-state index < -0.39 is 0 Å². The molecule has 0 amide bonds. The normalized spacial score (nSPS) is 12.9. The van der Waals surface area contributed by atoms with Gasteiger partial charge >= 0.3 is 0 Å². The van der Waals surface area contributed by atoms with Gasteiger partial charge in [0.25, 0.3) is 0 Å². The van der Waals surface area contributed by atoms with Crippen molar-refractivity contribution in [3.63, 3.8) is 0 Å². The minimum Gasteiger partial charge on any atom is -0.308 e. The standard InChI is InChI=1S/C14H20ClN/c1-11(10-16-14(2,3)4)8-12-6-5-7-13(15)9-12/h5-9,16H,10H2,1-4H3. The molecule has 1 rings (SSSR count). The lowest BCUT2D eigenvalue weighted by molar-refractivity contribution is 0.445. The number of rotatable bonds is 3. The summed E-state index contributed by atoms with van der Waals surface area (Å²) in [6.07, 6.45) is 2.16. The average Bonchev–Trinajstić information content (AvgIpc) is 2.14. The van der Waals surface area contributed by atoms with Crippen molar-refractivity contribution in [2.24, 2.45) is 0 Å². The predicted octanol–water partition coefficient (Wildman–Crippen LogP) is 4.13. The van der Waals surface area contributed by atoms with Crippen LogP contribution in [-0.4, -0.2) is 12.1 Å². The van der Waals surface area contributed by atoms with E-state index in [0.717, 1.165) is 17.1 Å². The molecule has 0 heterocycles. The summed E-state index contributed by atoms with van der Waals surface area (Å²) in [7, 11) is 0. The molecule has 1 aromatic carbocycles. The summed E-state index contributed by atoms with van der Waals surface area (Å²) >= 11 is 5.93. The Hall–Kier alpha value is -0.790. The summed E-state index contributed by atoms with van der Waals surface area (Å²) in [4.78, 5) is 0. The fourth-order valence-corrected chi connectivity index (χ4v) is 1.54. The molecule has 0 saturated heterocycles. The quantitative estimate of drug-likeness (QED) is 0.834. The van der Waals surface area contributed by atoms with Crippen molar-refractivity contribution in [1.29, 1.82) is 0 Å². The van der Waals surface area contributed by atoms with E-state index in [1.165, 1.54) is 5.57 Å². The average molecular weight is 238 g/mol. The third-order valence-corrected chi connectivity index (χ3v) is 2.39. The van der Waals surface area contributed by atoms with E-state index in [1.54, 1.807) is 0 Å². The number of halogens is 1. The summed E-state index contributed by atoms with van der Waals surface area (Å²) in [6.45, 7) is 9.52. The maximum atomic E-state index is 5.93. The summed E-state index contributed by atoms with van der Waals surface area (Å²) in [5, 5.41) is 4.24. The van der Waals surface area contributed by atoms with Gasteiger partial charge in [0.15, 0.2) is 0 Å². The van der Waals surface area contributed by atoms with Crippen molar-refractivity contribution in [2.45, 2.75) is 33.2 Å². The van der Waals surface area contributed by atoms with E-state index in [4.69, 9.17) is 11.6 Å². The molecular formula is C14H20ClN. The first-order chi connectivity index (χ1) is 7.37. The fourth-order valence-electron chi connectivity index (χ4n) is 1.34. The van der Waals surface area contributed by atoms with Crippen LogP contribution in [0.1, 0.15) is 33.3 Å². The molecule has 0 atom stereocenters. The lowest BCUT2D eigenvalue weighted by Gasteiger charge is -2.20. The van der Waals surface area contributed by atoms with Crippen LogP contribution in [0.4, 0.5) is 0 Å². The minimum atomic E-state index is 0.156. The second kappa shape index (κ2) is 5.51. The second-order valence-corrected chi connectivity index (χ2v) is 5.59. The summed E-state index contributed by atoms with van der Waals surface area (Å²) in [6, 6.07) is 7.90. The van der Waals surface area contributed by atoms with E-state index in [0.29, 0.717) is 0 Å². The fraction of sp³-hybridized carbons (Fsp3) is 0.429. The van der Waals surface area contributed by atoms with Gasteiger partial charge in [-0.2, -0.15) is 0 Å². The zero-order valence-corrected chi connectivity index (χ0v) is 11.2. The molecule has 0 aliphatic heterocycles. The Morgan fingerprint density at radius 3 is 2.62 bits per heavy atom. The topological polar surface area (TPSA) is 12.0 Å².